The Morgan fingerprint density at radius 1 is 0.824 bits per heavy atom. The smallest absolute Gasteiger partial charge is 0.172 e. The van der Waals surface area contributed by atoms with Crippen LogP contribution in [0.4, 0.5) is 0 Å². The molecule has 0 aliphatic heterocycles. The van der Waals surface area contributed by atoms with Gasteiger partial charge in [0.15, 0.2) is 17.2 Å². The summed E-state index contributed by atoms with van der Waals surface area (Å²) in [6.45, 7) is 0. The Morgan fingerprint density at radius 3 is 2.00 bits per heavy atom. The number of para-hydroxylation sites is 2. The predicted molar refractivity (Wildman–Crippen MR) is 77.7 cm³/mol. The van der Waals surface area contributed by atoms with Crippen LogP contribution in [-0.2, 0) is 0 Å². The minimum absolute atomic E-state index is 0.0788. The van der Waals surface area contributed by atoms with E-state index in [-0.39, 0.29) is 5.75 Å². The van der Waals surface area contributed by atoms with Crippen LogP contribution in [0.25, 0.3) is 0 Å². The first-order valence-electron chi connectivity index (χ1n) is 4.69. The van der Waals surface area contributed by atoms with Crippen molar-refractivity contribution in [1.82, 2.24) is 0 Å². The Hall–Kier alpha value is -0.520. The molecule has 0 aliphatic carbocycles. The van der Waals surface area contributed by atoms with E-state index in [0.717, 1.165) is 8.95 Å². The van der Waals surface area contributed by atoms with Crippen LogP contribution in [0.1, 0.15) is 0 Å². The molecule has 0 radical (unpaired) electrons. The zero-order chi connectivity index (χ0) is 12.4. The largest absolute Gasteiger partial charge is 0.503 e. The zero-order valence-corrected chi connectivity index (χ0v) is 13.2. The molecule has 0 amide bonds. The van der Waals surface area contributed by atoms with Crippen molar-refractivity contribution in [2.24, 2.45) is 0 Å². The lowest BCUT2D eigenvalue weighted by atomic mass is 10.3. The lowest BCUT2D eigenvalue weighted by Gasteiger charge is -2.11. The number of rotatable bonds is 2. The van der Waals surface area contributed by atoms with Crippen molar-refractivity contribution in [1.29, 1.82) is 0 Å². The van der Waals surface area contributed by atoms with E-state index < -0.39 is 0 Å². The van der Waals surface area contributed by atoms with Crippen LogP contribution in [0.15, 0.2) is 49.8 Å². The number of benzene rings is 2. The van der Waals surface area contributed by atoms with Gasteiger partial charge < -0.3 is 9.84 Å². The summed E-state index contributed by atoms with van der Waals surface area (Å²) in [5.41, 5.74) is 0. The van der Waals surface area contributed by atoms with E-state index in [1.165, 1.54) is 0 Å². The van der Waals surface area contributed by atoms with Gasteiger partial charge in [0.25, 0.3) is 0 Å². The van der Waals surface area contributed by atoms with Crippen LogP contribution < -0.4 is 4.74 Å². The van der Waals surface area contributed by atoms with Crippen LogP contribution in [0.3, 0.4) is 0 Å². The highest BCUT2D eigenvalue weighted by Crippen LogP contribution is 2.41. The molecule has 2 aromatic carbocycles. The molecule has 1 N–H and O–H groups in total. The molecule has 0 unspecified atom stereocenters. The van der Waals surface area contributed by atoms with Crippen molar-refractivity contribution >= 4 is 47.8 Å². The molecule has 5 heteroatoms. The molecular weight excluding hydrogens is 416 g/mol. The molecular formula is C12H7Br3O2. The fourth-order valence-electron chi connectivity index (χ4n) is 1.27. The maximum atomic E-state index is 9.84. The van der Waals surface area contributed by atoms with Crippen LogP contribution in [-0.4, -0.2) is 5.11 Å². The van der Waals surface area contributed by atoms with E-state index in [4.69, 9.17) is 4.74 Å². The van der Waals surface area contributed by atoms with Crippen LogP contribution in [0, 0.1) is 0 Å². The third-order valence-electron chi connectivity index (χ3n) is 2.08. The molecule has 0 bridgehead atoms. The maximum absolute atomic E-state index is 9.84. The van der Waals surface area contributed by atoms with Crippen molar-refractivity contribution in [2.75, 3.05) is 0 Å². The SMILES string of the molecule is Oc1c(Br)cccc1Oc1c(Br)cccc1Br. The normalized spacial score (nSPS) is 10.3. The topological polar surface area (TPSA) is 29.5 Å². The Kier molecular flexibility index (Phi) is 4.12. The predicted octanol–water partition coefficient (Wildman–Crippen LogP) is 5.47. The molecule has 0 saturated heterocycles. The summed E-state index contributed by atoms with van der Waals surface area (Å²) in [4.78, 5) is 0. The number of phenols is 1. The summed E-state index contributed by atoms with van der Waals surface area (Å²) in [6, 6.07) is 10.9. The first kappa shape index (κ1) is 12.9. The summed E-state index contributed by atoms with van der Waals surface area (Å²) in [7, 11) is 0. The van der Waals surface area contributed by atoms with Crippen LogP contribution in [0.2, 0.25) is 0 Å². The minimum atomic E-state index is 0.0788. The number of phenolic OH excluding ortho intramolecular Hbond substituents is 1. The molecule has 88 valence electrons. The highest BCUT2D eigenvalue weighted by atomic mass is 79.9. The summed E-state index contributed by atoms with van der Waals surface area (Å²) in [5, 5.41) is 9.84. The fraction of sp³-hybridized carbons (Fsp3) is 0. The Labute approximate surface area is 124 Å². The van der Waals surface area contributed by atoms with Gasteiger partial charge in [-0.15, -0.1) is 0 Å². The summed E-state index contributed by atoms with van der Waals surface area (Å²) >= 11 is 10.0. The average Bonchev–Trinajstić information content (AvgIpc) is 2.29. The van der Waals surface area contributed by atoms with Crippen LogP contribution >= 0.6 is 47.8 Å². The molecule has 0 heterocycles. The molecule has 0 aliphatic rings. The number of halogens is 3. The fourth-order valence-corrected chi connectivity index (χ4v) is 2.78. The zero-order valence-electron chi connectivity index (χ0n) is 8.45. The number of hydrogen-bond donors (Lipinski definition) is 1. The lowest BCUT2D eigenvalue weighted by molar-refractivity contribution is 0.406. The molecule has 0 saturated carbocycles. The molecule has 2 aromatic rings. The van der Waals surface area contributed by atoms with Gasteiger partial charge in [-0.1, -0.05) is 12.1 Å². The summed E-state index contributed by atoms with van der Waals surface area (Å²) < 4.78 is 7.90. The van der Waals surface area contributed by atoms with Crippen molar-refractivity contribution in [2.45, 2.75) is 0 Å². The Morgan fingerprint density at radius 2 is 1.35 bits per heavy atom. The second-order valence-corrected chi connectivity index (χ2v) is 5.80. The third-order valence-corrected chi connectivity index (χ3v) is 3.97. The standard InChI is InChI=1S/C12H7Br3O2/c13-7-3-2-6-10(11(7)16)17-12-8(14)4-1-5-9(12)15/h1-6,16H. The average molecular weight is 423 g/mol. The molecule has 0 fully saturated rings. The van der Waals surface area contributed by atoms with Gasteiger partial charge in [0, 0.05) is 0 Å². The van der Waals surface area contributed by atoms with Gasteiger partial charge in [0.05, 0.1) is 13.4 Å². The Bertz CT molecular complexity index is 535. The molecule has 2 rings (SSSR count). The summed E-state index contributed by atoms with van der Waals surface area (Å²) in [5.74, 6) is 1.10. The number of hydrogen-bond acceptors (Lipinski definition) is 2. The molecule has 2 nitrogen and oxygen atoms in total. The van der Waals surface area contributed by atoms with Gasteiger partial charge >= 0.3 is 0 Å². The lowest BCUT2D eigenvalue weighted by Crippen LogP contribution is -1.87. The molecule has 0 spiro atoms. The highest BCUT2D eigenvalue weighted by molar-refractivity contribution is 9.11. The molecule has 0 atom stereocenters. The van der Waals surface area contributed by atoms with Gasteiger partial charge in [-0.3, -0.25) is 0 Å². The summed E-state index contributed by atoms with van der Waals surface area (Å²) in [6.07, 6.45) is 0. The highest BCUT2D eigenvalue weighted by Gasteiger charge is 2.11. The first-order chi connectivity index (χ1) is 8.09. The van der Waals surface area contributed by atoms with E-state index in [0.29, 0.717) is 16.0 Å². The molecule has 17 heavy (non-hydrogen) atoms. The molecule has 0 aromatic heterocycles. The van der Waals surface area contributed by atoms with E-state index in [2.05, 4.69) is 47.8 Å². The van der Waals surface area contributed by atoms with Gasteiger partial charge in [0.1, 0.15) is 0 Å². The second-order valence-electron chi connectivity index (χ2n) is 3.24. The first-order valence-corrected chi connectivity index (χ1v) is 7.07. The Balaban J connectivity index is 2.42. The van der Waals surface area contributed by atoms with E-state index >= 15 is 0 Å². The van der Waals surface area contributed by atoms with Crippen molar-refractivity contribution in [3.63, 3.8) is 0 Å². The second kappa shape index (κ2) is 5.42. The maximum Gasteiger partial charge on any atom is 0.172 e. The minimum Gasteiger partial charge on any atom is -0.503 e. The van der Waals surface area contributed by atoms with Crippen molar-refractivity contribution in [3.05, 3.63) is 49.8 Å². The van der Waals surface area contributed by atoms with Crippen molar-refractivity contribution < 1.29 is 9.84 Å². The third kappa shape index (κ3) is 2.84. The number of ether oxygens (including phenoxy) is 1. The monoisotopic (exact) mass is 420 g/mol. The van der Waals surface area contributed by atoms with Gasteiger partial charge in [-0.25, -0.2) is 0 Å². The van der Waals surface area contributed by atoms with E-state index in [9.17, 15) is 5.11 Å². The van der Waals surface area contributed by atoms with Crippen molar-refractivity contribution in [3.8, 4) is 17.2 Å². The van der Waals surface area contributed by atoms with E-state index in [1.54, 1.807) is 18.2 Å². The van der Waals surface area contributed by atoms with Gasteiger partial charge in [0.2, 0.25) is 0 Å². The number of aromatic hydroxyl groups is 1. The van der Waals surface area contributed by atoms with E-state index in [1.807, 2.05) is 18.2 Å². The van der Waals surface area contributed by atoms with Gasteiger partial charge in [-0.05, 0) is 72.1 Å². The van der Waals surface area contributed by atoms with Gasteiger partial charge in [-0.2, -0.15) is 0 Å². The van der Waals surface area contributed by atoms with Crippen LogP contribution in [0.5, 0.6) is 17.2 Å². The quantitative estimate of drug-likeness (QED) is 0.695.